The highest BCUT2D eigenvalue weighted by Gasteiger charge is 2.33. The van der Waals surface area contributed by atoms with Crippen molar-refractivity contribution in [3.8, 4) is 0 Å². The number of carbonyl (C=O) groups excluding carboxylic acids is 1. The molecule has 0 N–H and O–H groups in total. The maximum atomic E-state index is 13.1. The lowest BCUT2D eigenvalue weighted by Gasteiger charge is -2.35. The van der Waals surface area contributed by atoms with Crippen LogP contribution in [0.1, 0.15) is 37.3 Å². The standard InChI is InChI=1S/C19H17NOS2/c1-13-4-2-5-14(12-13)19(21)20-9-7-16-15(8-11-23-16)18(20)17-6-3-10-22-17/h2-6,8,10-12,18H,7,9H2,1H3/t18-/m0/s1. The van der Waals surface area contributed by atoms with Gasteiger partial charge in [0, 0.05) is 21.9 Å². The lowest BCUT2D eigenvalue weighted by Crippen LogP contribution is -2.39. The third-order valence-electron chi connectivity index (χ3n) is 4.30. The number of fused-ring (bicyclic) bond motifs is 1. The molecule has 0 aliphatic carbocycles. The van der Waals surface area contributed by atoms with Gasteiger partial charge in [-0.15, -0.1) is 22.7 Å². The quantitative estimate of drug-likeness (QED) is 0.650. The SMILES string of the molecule is Cc1cccc(C(=O)N2CCc3sccc3[C@H]2c2cccs2)c1. The van der Waals surface area contributed by atoms with Gasteiger partial charge in [-0.05, 0) is 53.9 Å². The summed E-state index contributed by atoms with van der Waals surface area (Å²) in [5, 5.41) is 4.23. The lowest BCUT2D eigenvalue weighted by molar-refractivity contribution is 0.0698. The van der Waals surface area contributed by atoms with Crippen LogP contribution < -0.4 is 0 Å². The van der Waals surface area contributed by atoms with E-state index in [2.05, 4.69) is 29.0 Å². The molecule has 1 amide bonds. The minimum atomic E-state index is 0.0537. The Balaban J connectivity index is 1.77. The van der Waals surface area contributed by atoms with Crippen LogP contribution in [0.25, 0.3) is 0 Å². The molecular formula is C19H17NOS2. The van der Waals surface area contributed by atoms with E-state index >= 15 is 0 Å². The van der Waals surface area contributed by atoms with Gasteiger partial charge in [0.05, 0.1) is 6.04 Å². The van der Waals surface area contributed by atoms with Crippen LogP contribution in [-0.2, 0) is 6.42 Å². The van der Waals surface area contributed by atoms with Crippen LogP contribution in [0.3, 0.4) is 0 Å². The Kier molecular flexibility index (Phi) is 3.79. The maximum absolute atomic E-state index is 13.1. The Hall–Kier alpha value is -1.91. The van der Waals surface area contributed by atoms with E-state index in [1.165, 1.54) is 15.3 Å². The molecule has 1 aliphatic rings. The minimum absolute atomic E-state index is 0.0537. The summed E-state index contributed by atoms with van der Waals surface area (Å²) in [6.45, 7) is 2.81. The van der Waals surface area contributed by atoms with E-state index in [0.717, 1.165) is 24.1 Å². The zero-order valence-electron chi connectivity index (χ0n) is 12.9. The molecule has 0 radical (unpaired) electrons. The normalized spacial score (nSPS) is 17.1. The molecule has 4 rings (SSSR count). The average molecular weight is 339 g/mol. The Morgan fingerprint density at radius 3 is 2.83 bits per heavy atom. The summed E-state index contributed by atoms with van der Waals surface area (Å²) in [6, 6.07) is 14.3. The molecular weight excluding hydrogens is 322 g/mol. The Labute approximate surface area is 144 Å². The van der Waals surface area contributed by atoms with Crippen LogP contribution in [0.15, 0.2) is 53.2 Å². The van der Waals surface area contributed by atoms with Crippen molar-refractivity contribution in [2.45, 2.75) is 19.4 Å². The van der Waals surface area contributed by atoms with Gasteiger partial charge in [0.2, 0.25) is 0 Å². The van der Waals surface area contributed by atoms with Crippen molar-refractivity contribution in [1.29, 1.82) is 0 Å². The second kappa shape index (κ2) is 5.95. The van der Waals surface area contributed by atoms with E-state index in [1.807, 2.05) is 36.1 Å². The first-order chi connectivity index (χ1) is 11.2. The van der Waals surface area contributed by atoms with Crippen LogP contribution in [0.5, 0.6) is 0 Å². The predicted octanol–water partition coefficient (Wildman–Crippen LogP) is 4.91. The van der Waals surface area contributed by atoms with Crippen molar-refractivity contribution in [3.63, 3.8) is 0 Å². The van der Waals surface area contributed by atoms with Gasteiger partial charge >= 0.3 is 0 Å². The first kappa shape index (κ1) is 14.7. The van der Waals surface area contributed by atoms with E-state index in [4.69, 9.17) is 0 Å². The van der Waals surface area contributed by atoms with Crippen molar-refractivity contribution in [3.05, 3.63) is 79.7 Å². The average Bonchev–Trinajstić information content (AvgIpc) is 3.24. The van der Waals surface area contributed by atoms with E-state index in [-0.39, 0.29) is 11.9 Å². The molecule has 0 fully saturated rings. The predicted molar refractivity (Wildman–Crippen MR) is 96.4 cm³/mol. The maximum Gasteiger partial charge on any atom is 0.254 e. The van der Waals surface area contributed by atoms with Crippen molar-refractivity contribution >= 4 is 28.6 Å². The zero-order valence-corrected chi connectivity index (χ0v) is 14.5. The molecule has 0 saturated heterocycles. The molecule has 0 saturated carbocycles. The highest BCUT2D eigenvalue weighted by molar-refractivity contribution is 7.10. The van der Waals surface area contributed by atoms with Crippen LogP contribution in [-0.4, -0.2) is 17.4 Å². The molecule has 23 heavy (non-hydrogen) atoms. The summed E-state index contributed by atoms with van der Waals surface area (Å²) in [5.41, 5.74) is 3.20. The summed E-state index contributed by atoms with van der Waals surface area (Å²) < 4.78 is 0. The topological polar surface area (TPSA) is 20.3 Å². The number of rotatable bonds is 2. The first-order valence-electron chi connectivity index (χ1n) is 7.71. The molecule has 2 nitrogen and oxygen atoms in total. The highest BCUT2D eigenvalue weighted by atomic mass is 32.1. The summed E-state index contributed by atoms with van der Waals surface area (Å²) in [7, 11) is 0. The summed E-state index contributed by atoms with van der Waals surface area (Å²) in [5.74, 6) is 0.129. The van der Waals surface area contributed by atoms with E-state index in [0.29, 0.717) is 0 Å². The molecule has 0 spiro atoms. The highest BCUT2D eigenvalue weighted by Crippen LogP contribution is 2.40. The molecule has 116 valence electrons. The van der Waals surface area contributed by atoms with Gasteiger partial charge < -0.3 is 4.90 Å². The largest absolute Gasteiger partial charge is 0.326 e. The second-order valence-electron chi connectivity index (χ2n) is 5.84. The number of benzene rings is 1. The lowest BCUT2D eigenvalue weighted by atomic mass is 9.97. The molecule has 3 aromatic rings. The number of hydrogen-bond donors (Lipinski definition) is 0. The van der Waals surface area contributed by atoms with Crippen molar-refractivity contribution in [2.24, 2.45) is 0 Å². The molecule has 0 bridgehead atoms. The molecule has 3 heterocycles. The van der Waals surface area contributed by atoms with Gasteiger partial charge in [0.15, 0.2) is 0 Å². The van der Waals surface area contributed by atoms with Crippen LogP contribution in [0.4, 0.5) is 0 Å². The molecule has 1 atom stereocenters. The number of hydrogen-bond acceptors (Lipinski definition) is 3. The number of nitrogens with zero attached hydrogens (tertiary/aromatic N) is 1. The van der Waals surface area contributed by atoms with Crippen molar-refractivity contribution in [2.75, 3.05) is 6.54 Å². The third-order valence-corrected chi connectivity index (χ3v) is 6.23. The Morgan fingerprint density at radius 1 is 1.13 bits per heavy atom. The van der Waals surface area contributed by atoms with E-state index in [1.54, 1.807) is 22.7 Å². The molecule has 2 aromatic heterocycles. The van der Waals surface area contributed by atoms with Gasteiger partial charge in [-0.3, -0.25) is 4.79 Å². The van der Waals surface area contributed by atoms with Gasteiger partial charge in [0.25, 0.3) is 5.91 Å². The molecule has 4 heteroatoms. The monoisotopic (exact) mass is 339 g/mol. The number of aryl methyl sites for hydroxylation is 1. The number of carbonyl (C=O) groups is 1. The van der Waals surface area contributed by atoms with Crippen molar-refractivity contribution in [1.82, 2.24) is 4.90 Å². The fourth-order valence-corrected chi connectivity index (χ4v) is 4.99. The van der Waals surface area contributed by atoms with Gasteiger partial charge in [-0.25, -0.2) is 0 Å². The summed E-state index contributed by atoms with van der Waals surface area (Å²) >= 11 is 3.53. The third kappa shape index (κ3) is 2.62. The second-order valence-corrected chi connectivity index (χ2v) is 7.82. The summed E-state index contributed by atoms with van der Waals surface area (Å²) in [4.78, 5) is 17.8. The fraction of sp³-hybridized carbons (Fsp3) is 0.211. The Bertz CT molecular complexity index is 835. The fourth-order valence-electron chi connectivity index (χ4n) is 3.23. The zero-order chi connectivity index (χ0) is 15.8. The number of thiophene rings is 2. The summed E-state index contributed by atoms with van der Waals surface area (Å²) in [6.07, 6.45) is 0.951. The van der Waals surface area contributed by atoms with Crippen LogP contribution in [0.2, 0.25) is 0 Å². The van der Waals surface area contributed by atoms with E-state index < -0.39 is 0 Å². The van der Waals surface area contributed by atoms with Gasteiger partial charge in [-0.2, -0.15) is 0 Å². The minimum Gasteiger partial charge on any atom is -0.326 e. The number of amides is 1. The van der Waals surface area contributed by atoms with Gasteiger partial charge in [-0.1, -0.05) is 23.8 Å². The first-order valence-corrected chi connectivity index (χ1v) is 9.47. The van der Waals surface area contributed by atoms with Crippen LogP contribution >= 0.6 is 22.7 Å². The van der Waals surface area contributed by atoms with Crippen LogP contribution in [0, 0.1) is 6.92 Å². The molecule has 1 aliphatic heterocycles. The smallest absolute Gasteiger partial charge is 0.254 e. The Morgan fingerprint density at radius 2 is 2.04 bits per heavy atom. The molecule has 0 unspecified atom stereocenters. The van der Waals surface area contributed by atoms with Gasteiger partial charge in [0.1, 0.15) is 0 Å². The van der Waals surface area contributed by atoms with E-state index in [9.17, 15) is 4.79 Å². The van der Waals surface area contributed by atoms with Crippen molar-refractivity contribution < 1.29 is 4.79 Å². The molecule has 1 aromatic carbocycles.